The van der Waals surface area contributed by atoms with Crippen molar-refractivity contribution >= 4 is 17.7 Å². The van der Waals surface area contributed by atoms with Crippen LogP contribution < -0.4 is 5.32 Å². The minimum absolute atomic E-state index is 0.125. The SMILES string of the molecule is C[C@@H](NC(=O)CCN1C(=O)[C@H]2CC=CC[C@@H]2C1=O)c1ccncc1. The molecule has 1 fully saturated rings. The molecule has 1 saturated heterocycles. The zero-order valence-corrected chi connectivity index (χ0v) is 13.6. The van der Waals surface area contributed by atoms with Crippen LogP contribution in [0.25, 0.3) is 0 Å². The predicted octanol–water partition coefficient (Wildman–Crippen LogP) is 1.60. The molecular weight excluding hydrogens is 306 g/mol. The molecule has 0 bridgehead atoms. The van der Waals surface area contributed by atoms with Gasteiger partial charge < -0.3 is 5.32 Å². The van der Waals surface area contributed by atoms with Crippen molar-refractivity contribution < 1.29 is 14.4 Å². The fraction of sp³-hybridized carbons (Fsp3) is 0.444. The maximum absolute atomic E-state index is 12.3. The second kappa shape index (κ2) is 6.95. The van der Waals surface area contributed by atoms with Crippen LogP contribution in [0, 0.1) is 11.8 Å². The van der Waals surface area contributed by atoms with E-state index in [4.69, 9.17) is 0 Å². The molecule has 0 aromatic carbocycles. The van der Waals surface area contributed by atoms with E-state index in [1.54, 1.807) is 12.4 Å². The van der Waals surface area contributed by atoms with E-state index in [0.29, 0.717) is 12.8 Å². The van der Waals surface area contributed by atoms with Gasteiger partial charge in [-0.2, -0.15) is 0 Å². The number of amides is 3. The molecular formula is C18H21N3O3. The van der Waals surface area contributed by atoms with Crippen molar-refractivity contribution in [2.75, 3.05) is 6.54 Å². The maximum Gasteiger partial charge on any atom is 0.233 e. The Morgan fingerprint density at radius 3 is 2.38 bits per heavy atom. The molecule has 0 radical (unpaired) electrons. The molecule has 1 N–H and O–H groups in total. The van der Waals surface area contributed by atoms with Gasteiger partial charge in [-0.15, -0.1) is 0 Å². The summed E-state index contributed by atoms with van der Waals surface area (Å²) in [5, 5.41) is 2.88. The number of imide groups is 1. The van der Waals surface area contributed by atoms with E-state index in [2.05, 4.69) is 10.3 Å². The van der Waals surface area contributed by atoms with Crippen LogP contribution in [0.4, 0.5) is 0 Å². The van der Waals surface area contributed by atoms with Crippen LogP contribution in [0.1, 0.15) is 37.8 Å². The molecule has 0 unspecified atom stereocenters. The predicted molar refractivity (Wildman–Crippen MR) is 87.5 cm³/mol. The van der Waals surface area contributed by atoms with Crippen LogP contribution in [-0.2, 0) is 14.4 Å². The Hall–Kier alpha value is -2.50. The van der Waals surface area contributed by atoms with E-state index < -0.39 is 0 Å². The molecule has 0 saturated carbocycles. The molecule has 1 aliphatic carbocycles. The lowest BCUT2D eigenvalue weighted by Crippen LogP contribution is -2.36. The molecule has 126 valence electrons. The molecule has 2 aliphatic rings. The zero-order chi connectivity index (χ0) is 17.1. The van der Waals surface area contributed by atoms with Crippen LogP contribution in [0.5, 0.6) is 0 Å². The van der Waals surface area contributed by atoms with Gasteiger partial charge in [0.2, 0.25) is 17.7 Å². The number of hydrogen-bond acceptors (Lipinski definition) is 4. The fourth-order valence-electron chi connectivity index (χ4n) is 3.35. The number of nitrogens with zero attached hydrogens (tertiary/aromatic N) is 2. The van der Waals surface area contributed by atoms with Gasteiger partial charge in [0.05, 0.1) is 17.9 Å². The third-order valence-electron chi connectivity index (χ3n) is 4.74. The van der Waals surface area contributed by atoms with Crippen molar-refractivity contribution in [2.45, 2.75) is 32.2 Å². The number of allylic oxidation sites excluding steroid dienone is 2. The lowest BCUT2D eigenvalue weighted by atomic mass is 9.85. The highest BCUT2D eigenvalue weighted by molar-refractivity contribution is 6.05. The summed E-state index contributed by atoms with van der Waals surface area (Å²) in [6, 6.07) is 3.55. The third-order valence-corrected chi connectivity index (χ3v) is 4.74. The first-order valence-electron chi connectivity index (χ1n) is 8.27. The van der Waals surface area contributed by atoms with Crippen LogP contribution in [0.3, 0.4) is 0 Å². The largest absolute Gasteiger partial charge is 0.350 e. The van der Waals surface area contributed by atoms with Crippen LogP contribution >= 0.6 is 0 Å². The topological polar surface area (TPSA) is 79.4 Å². The van der Waals surface area contributed by atoms with Gasteiger partial charge in [-0.05, 0) is 37.5 Å². The van der Waals surface area contributed by atoms with Crippen molar-refractivity contribution in [3.63, 3.8) is 0 Å². The number of nitrogens with one attached hydrogen (secondary N) is 1. The average Bonchev–Trinajstić information content (AvgIpc) is 2.85. The molecule has 3 amide bonds. The number of carbonyl (C=O) groups is 3. The third kappa shape index (κ3) is 3.22. The van der Waals surface area contributed by atoms with E-state index >= 15 is 0 Å². The van der Waals surface area contributed by atoms with Gasteiger partial charge in [0.15, 0.2) is 0 Å². The van der Waals surface area contributed by atoms with Crippen molar-refractivity contribution in [1.29, 1.82) is 0 Å². The highest BCUT2D eigenvalue weighted by atomic mass is 16.2. The second-order valence-electron chi connectivity index (χ2n) is 6.30. The Morgan fingerprint density at radius 1 is 1.21 bits per heavy atom. The van der Waals surface area contributed by atoms with E-state index in [9.17, 15) is 14.4 Å². The summed E-state index contributed by atoms with van der Waals surface area (Å²) in [4.78, 5) is 42.0. The van der Waals surface area contributed by atoms with Crippen LogP contribution in [0.15, 0.2) is 36.7 Å². The Balaban J connectivity index is 1.53. The number of aromatic nitrogens is 1. The Kier molecular flexibility index (Phi) is 4.74. The van der Waals surface area contributed by atoms with Gasteiger partial charge >= 0.3 is 0 Å². The zero-order valence-electron chi connectivity index (χ0n) is 13.6. The summed E-state index contributed by atoms with van der Waals surface area (Å²) in [6.07, 6.45) is 8.64. The van der Waals surface area contributed by atoms with E-state index in [1.165, 1.54) is 4.90 Å². The van der Waals surface area contributed by atoms with E-state index in [-0.39, 0.29) is 48.6 Å². The minimum atomic E-state index is -0.235. The monoisotopic (exact) mass is 327 g/mol. The number of fused-ring (bicyclic) bond motifs is 1. The summed E-state index contributed by atoms with van der Waals surface area (Å²) in [6.45, 7) is 2.04. The normalized spacial score (nSPS) is 24.0. The number of rotatable bonds is 5. The molecule has 6 nitrogen and oxygen atoms in total. The second-order valence-corrected chi connectivity index (χ2v) is 6.30. The first kappa shape index (κ1) is 16.4. The Bertz CT molecular complexity index is 645. The number of likely N-dealkylation sites (tertiary alicyclic amines) is 1. The summed E-state index contributed by atoms with van der Waals surface area (Å²) in [7, 11) is 0. The first-order chi connectivity index (χ1) is 11.6. The van der Waals surface area contributed by atoms with E-state index in [1.807, 2.05) is 31.2 Å². The van der Waals surface area contributed by atoms with Gasteiger partial charge in [-0.25, -0.2) is 0 Å². The minimum Gasteiger partial charge on any atom is -0.350 e. The van der Waals surface area contributed by atoms with Gasteiger partial charge in [-0.1, -0.05) is 12.2 Å². The van der Waals surface area contributed by atoms with Gasteiger partial charge in [-0.3, -0.25) is 24.3 Å². The molecule has 1 aromatic heterocycles. The van der Waals surface area contributed by atoms with Gasteiger partial charge in [0.1, 0.15) is 0 Å². The molecule has 1 aromatic rings. The number of hydrogen-bond donors (Lipinski definition) is 1. The summed E-state index contributed by atoms with van der Waals surface area (Å²) >= 11 is 0. The standard InChI is InChI=1S/C18H21N3O3/c1-12(13-6-9-19-10-7-13)20-16(22)8-11-21-17(23)14-4-2-3-5-15(14)18(21)24/h2-3,6-7,9-10,12,14-15H,4-5,8,11H2,1H3,(H,20,22)/t12-,14+,15+/m1/s1. The van der Waals surface area contributed by atoms with Crippen molar-refractivity contribution in [1.82, 2.24) is 15.2 Å². The van der Waals surface area contributed by atoms with E-state index in [0.717, 1.165) is 5.56 Å². The van der Waals surface area contributed by atoms with Gasteiger partial charge in [0.25, 0.3) is 0 Å². The summed E-state index contributed by atoms with van der Waals surface area (Å²) in [5.41, 5.74) is 0.962. The van der Waals surface area contributed by atoms with Crippen LogP contribution in [-0.4, -0.2) is 34.2 Å². The molecule has 24 heavy (non-hydrogen) atoms. The molecule has 2 heterocycles. The van der Waals surface area contributed by atoms with Crippen LogP contribution in [0.2, 0.25) is 0 Å². The Labute approximate surface area is 140 Å². The Morgan fingerprint density at radius 2 is 1.79 bits per heavy atom. The summed E-state index contributed by atoms with van der Waals surface area (Å²) < 4.78 is 0. The smallest absolute Gasteiger partial charge is 0.233 e. The molecule has 0 spiro atoms. The summed E-state index contributed by atoms with van der Waals surface area (Å²) in [5.74, 6) is -0.913. The lowest BCUT2D eigenvalue weighted by molar-refractivity contribution is -0.140. The number of pyridine rings is 1. The van der Waals surface area contributed by atoms with Crippen molar-refractivity contribution in [3.8, 4) is 0 Å². The number of carbonyl (C=O) groups excluding carboxylic acids is 3. The van der Waals surface area contributed by atoms with Crippen molar-refractivity contribution in [3.05, 3.63) is 42.2 Å². The lowest BCUT2D eigenvalue weighted by Gasteiger charge is -2.17. The average molecular weight is 327 g/mol. The van der Waals surface area contributed by atoms with Crippen molar-refractivity contribution in [2.24, 2.45) is 11.8 Å². The molecule has 3 atom stereocenters. The fourth-order valence-corrected chi connectivity index (χ4v) is 3.35. The highest BCUT2D eigenvalue weighted by Gasteiger charge is 2.46. The highest BCUT2D eigenvalue weighted by Crippen LogP contribution is 2.34. The molecule has 6 heteroatoms. The first-order valence-corrected chi connectivity index (χ1v) is 8.27. The maximum atomic E-state index is 12.3. The molecule has 3 rings (SSSR count). The quantitative estimate of drug-likeness (QED) is 0.658. The van der Waals surface area contributed by atoms with Gasteiger partial charge in [0, 0.05) is 25.4 Å². The molecule has 1 aliphatic heterocycles.